The van der Waals surface area contributed by atoms with Gasteiger partial charge in [0.25, 0.3) is 0 Å². The van der Waals surface area contributed by atoms with Gasteiger partial charge in [0.15, 0.2) is 0 Å². The van der Waals surface area contributed by atoms with Gasteiger partial charge in [0, 0.05) is 6.08 Å². The van der Waals surface area contributed by atoms with E-state index in [2.05, 4.69) is 0 Å². The van der Waals surface area contributed by atoms with E-state index in [0.29, 0.717) is 5.92 Å². The van der Waals surface area contributed by atoms with E-state index in [-0.39, 0.29) is 0 Å². The summed E-state index contributed by atoms with van der Waals surface area (Å²) in [4.78, 5) is 10.4. The SMILES string of the molecule is O=C(O)/C=C/c1cccc(OCC2CCCC2)c1. The Kier molecular flexibility index (Phi) is 4.40. The fourth-order valence-corrected chi connectivity index (χ4v) is 2.27. The van der Waals surface area contributed by atoms with Crippen molar-refractivity contribution in [2.24, 2.45) is 5.92 Å². The van der Waals surface area contributed by atoms with Crippen LogP contribution in [0, 0.1) is 5.92 Å². The molecule has 0 bridgehead atoms. The van der Waals surface area contributed by atoms with E-state index >= 15 is 0 Å². The molecule has 0 saturated heterocycles. The van der Waals surface area contributed by atoms with Gasteiger partial charge in [0.1, 0.15) is 5.75 Å². The van der Waals surface area contributed by atoms with Crippen LogP contribution >= 0.6 is 0 Å². The molecule has 18 heavy (non-hydrogen) atoms. The minimum atomic E-state index is -0.938. The predicted molar refractivity (Wildman–Crippen MR) is 70.6 cm³/mol. The van der Waals surface area contributed by atoms with Gasteiger partial charge in [-0.15, -0.1) is 0 Å². The third kappa shape index (κ3) is 3.91. The summed E-state index contributed by atoms with van der Waals surface area (Å²) in [6.45, 7) is 0.770. The Hall–Kier alpha value is -1.77. The molecule has 1 N–H and O–H groups in total. The molecule has 0 aliphatic heterocycles. The van der Waals surface area contributed by atoms with Crippen LogP contribution in [0.2, 0.25) is 0 Å². The van der Waals surface area contributed by atoms with Gasteiger partial charge in [-0.1, -0.05) is 25.0 Å². The number of carbonyl (C=O) groups is 1. The fraction of sp³-hybridized carbons (Fsp3) is 0.400. The highest BCUT2D eigenvalue weighted by molar-refractivity contribution is 5.85. The standard InChI is InChI=1S/C15H18O3/c16-15(17)9-8-12-6-3-7-14(10-12)18-11-13-4-1-2-5-13/h3,6-10,13H,1-2,4-5,11H2,(H,16,17)/b9-8+. The molecule has 1 saturated carbocycles. The van der Waals surface area contributed by atoms with Gasteiger partial charge in [-0.3, -0.25) is 0 Å². The van der Waals surface area contributed by atoms with Crippen molar-refractivity contribution in [3.63, 3.8) is 0 Å². The molecule has 0 radical (unpaired) electrons. The normalized spacial score (nSPS) is 16.2. The van der Waals surface area contributed by atoms with Crippen molar-refractivity contribution in [1.29, 1.82) is 0 Å². The lowest BCUT2D eigenvalue weighted by atomic mass is 10.1. The molecule has 1 aliphatic rings. The van der Waals surface area contributed by atoms with E-state index in [1.807, 2.05) is 24.3 Å². The van der Waals surface area contributed by atoms with Crippen LogP contribution in [-0.2, 0) is 4.79 Å². The average molecular weight is 246 g/mol. The van der Waals surface area contributed by atoms with E-state index in [1.54, 1.807) is 6.08 Å². The van der Waals surface area contributed by atoms with E-state index in [4.69, 9.17) is 9.84 Å². The molecule has 2 rings (SSSR count). The van der Waals surface area contributed by atoms with Crippen LogP contribution in [0.15, 0.2) is 30.3 Å². The summed E-state index contributed by atoms with van der Waals surface area (Å²) in [5, 5.41) is 8.57. The smallest absolute Gasteiger partial charge is 0.328 e. The highest BCUT2D eigenvalue weighted by atomic mass is 16.5. The summed E-state index contributed by atoms with van der Waals surface area (Å²) in [6.07, 6.45) is 7.86. The lowest BCUT2D eigenvalue weighted by Gasteiger charge is -2.11. The second kappa shape index (κ2) is 6.24. The summed E-state index contributed by atoms with van der Waals surface area (Å²) in [5.41, 5.74) is 0.848. The Labute approximate surface area is 107 Å². The Morgan fingerprint density at radius 3 is 2.89 bits per heavy atom. The molecular weight excluding hydrogens is 228 g/mol. The summed E-state index contributed by atoms with van der Waals surface area (Å²) < 4.78 is 5.76. The number of ether oxygens (including phenoxy) is 1. The topological polar surface area (TPSA) is 46.5 Å². The van der Waals surface area contributed by atoms with Crippen molar-refractivity contribution in [2.45, 2.75) is 25.7 Å². The largest absolute Gasteiger partial charge is 0.493 e. The van der Waals surface area contributed by atoms with Crippen LogP contribution in [0.1, 0.15) is 31.2 Å². The number of carboxylic acids is 1. The Bertz CT molecular complexity index is 431. The first-order valence-corrected chi connectivity index (χ1v) is 6.38. The van der Waals surface area contributed by atoms with Crippen LogP contribution < -0.4 is 4.74 Å². The maximum absolute atomic E-state index is 10.4. The number of hydrogen-bond donors (Lipinski definition) is 1. The molecule has 1 fully saturated rings. The molecule has 0 amide bonds. The zero-order valence-electron chi connectivity index (χ0n) is 10.3. The third-order valence-electron chi connectivity index (χ3n) is 3.24. The fourth-order valence-electron chi connectivity index (χ4n) is 2.27. The summed E-state index contributed by atoms with van der Waals surface area (Å²) in [5.74, 6) is 0.560. The van der Waals surface area contributed by atoms with Crippen LogP contribution in [0.5, 0.6) is 5.75 Å². The first-order valence-electron chi connectivity index (χ1n) is 6.38. The maximum atomic E-state index is 10.4. The monoisotopic (exact) mass is 246 g/mol. The lowest BCUT2D eigenvalue weighted by molar-refractivity contribution is -0.131. The van der Waals surface area contributed by atoms with Crippen LogP contribution in [-0.4, -0.2) is 17.7 Å². The van der Waals surface area contributed by atoms with Crippen LogP contribution in [0.4, 0.5) is 0 Å². The molecule has 3 heteroatoms. The highest BCUT2D eigenvalue weighted by Gasteiger charge is 2.15. The molecular formula is C15H18O3. The number of rotatable bonds is 5. The molecule has 96 valence electrons. The Morgan fingerprint density at radius 2 is 2.17 bits per heavy atom. The molecule has 1 aromatic rings. The predicted octanol–water partition coefficient (Wildman–Crippen LogP) is 3.35. The van der Waals surface area contributed by atoms with Gasteiger partial charge >= 0.3 is 5.97 Å². The number of carboxylic acid groups (broad SMARTS) is 1. The number of hydrogen-bond acceptors (Lipinski definition) is 2. The molecule has 0 heterocycles. The number of benzene rings is 1. The number of aliphatic carboxylic acids is 1. The Balaban J connectivity index is 1.91. The van der Waals surface area contributed by atoms with Gasteiger partial charge < -0.3 is 9.84 Å². The van der Waals surface area contributed by atoms with E-state index < -0.39 is 5.97 Å². The molecule has 0 unspecified atom stereocenters. The van der Waals surface area contributed by atoms with Gasteiger partial charge in [0.2, 0.25) is 0 Å². The summed E-state index contributed by atoms with van der Waals surface area (Å²) >= 11 is 0. The van der Waals surface area contributed by atoms with Crippen LogP contribution in [0.25, 0.3) is 6.08 Å². The van der Waals surface area contributed by atoms with Gasteiger partial charge in [0.05, 0.1) is 6.61 Å². The average Bonchev–Trinajstić information content (AvgIpc) is 2.87. The molecule has 0 atom stereocenters. The van der Waals surface area contributed by atoms with Gasteiger partial charge in [-0.25, -0.2) is 4.79 Å². The lowest BCUT2D eigenvalue weighted by Crippen LogP contribution is -2.07. The van der Waals surface area contributed by atoms with E-state index in [1.165, 1.54) is 25.7 Å². The van der Waals surface area contributed by atoms with E-state index in [9.17, 15) is 4.79 Å². The maximum Gasteiger partial charge on any atom is 0.328 e. The second-order valence-corrected chi connectivity index (χ2v) is 4.71. The summed E-state index contributed by atoms with van der Waals surface area (Å²) in [6, 6.07) is 7.52. The minimum Gasteiger partial charge on any atom is -0.493 e. The molecule has 1 aliphatic carbocycles. The molecule has 1 aromatic carbocycles. The van der Waals surface area contributed by atoms with Crippen molar-refractivity contribution < 1.29 is 14.6 Å². The van der Waals surface area contributed by atoms with E-state index in [0.717, 1.165) is 24.0 Å². The molecule has 0 spiro atoms. The second-order valence-electron chi connectivity index (χ2n) is 4.71. The van der Waals surface area contributed by atoms with Crippen molar-refractivity contribution in [2.75, 3.05) is 6.61 Å². The molecule has 0 aromatic heterocycles. The molecule has 3 nitrogen and oxygen atoms in total. The van der Waals surface area contributed by atoms with Crippen LogP contribution in [0.3, 0.4) is 0 Å². The highest BCUT2D eigenvalue weighted by Crippen LogP contribution is 2.25. The zero-order valence-corrected chi connectivity index (χ0v) is 10.3. The third-order valence-corrected chi connectivity index (χ3v) is 3.24. The first kappa shape index (κ1) is 12.7. The first-order chi connectivity index (χ1) is 8.74. The van der Waals surface area contributed by atoms with Crippen molar-refractivity contribution in [3.05, 3.63) is 35.9 Å². The quantitative estimate of drug-likeness (QED) is 0.810. The van der Waals surface area contributed by atoms with Crippen molar-refractivity contribution in [3.8, 4) is 5.75 Å². The van der Waals surface area contributed by atoms with Crippen molar-refractivity contribution >= 4 is 12.0 Å². The summed E-state index contributed by atoms with van der Waals surface area (Å²) in [7, 11) is 0. The van der Waals surface area contributed by atoms with Gasteiger partial charge in [-0.05, 0) is 42.5 Å². The zero-order chi connectivity index (χ0) is 12.8. The van der Waals surface area contributed by atoms with Crippen molar-refractivity contribution in [1.82, 2.24) is 0 Å². The Morgan fingerprint density at radius 1 is 1.39 bits per heavy atom. The minimum absolute atomic E-state index is 0.684. The van der Waals surface area contributed by atoms with Gasteiger partial charge in [-0.2, -0.15) is 0 Å².